The van der Waals surface area contributed by atoms with E-state index < -0.39 is 0 Å². The second kappa shape index (κ2) is 4.96. The van der Waals surface area contributed by atoms with Gasteiger partial charge in [-0.15, -0.1) is 0 Å². The molecular weight excluding hydrogens is 217 g/mol. The van der Waals surface area contributed by atoms with Crippen LogP contribution in [0.5, 0.6) is 0 Å². The summed E-state index contributed by atoms with van der Waals surface area (Å²) < 4.78 is 13.0. The van der Waals surface area contributed by atoms with E-state index in [1.165, 1.54) is 12.1 Å². The van der Waals surface area contributed by atoms with E-state index in [1.54, 1.807) is 6.07 Å². The summed E-state index contributed by atoms with van der Waals surface area (Å²) in [6.07, 6.45) is 1.34. The van der Waals surface area contributed by atoms with Gasteiger partial charge in [-0.25, -0.2) is 4.39 Å². The molecule has 1 aliphatic rings. The van der Waals surface area contributed by atoms with Gasteiger partial charge in [0.05, 0.1) is 0 Å². The molecular formula is C14H18FNO. The monoisotopic (exact) mass is 235 g/mol. The van der Waals surface area contributed by atoms with Crippen LogP contribution in [0, 0.1) is 18.7 Å². The molecule has 1 N–H and O–H groups in total. The van der Waals surface area contributed by atoms with Gasteiger partial charge in [0, 0.05) is 18.4 Å². The van der Waals surface area contributed by atoms with Crippen LogP contribution in [-0.4, -0.2) is 18.4 Å². The average Bonchev–Trinajstić information content (AvgIpc) is 2.68. The molecule has 3 heteroatoms. The Morgan fingerprint density at radius 1 is 1.53 bits per heavy atom. The Labute approximate surface area is 101 Å². The number of hydrogen-bond donors (Lipinski definition) is 1. The van der Waals surface area contributed by atoms with Crippen molar-refractivity contribution in [3.05, 3.63) is 35.1 Å². The smallest absolute Gasteiger partial charge is 0.141 e. The van der Waals surface area contributed by atoms with Crippen molar-refractivity contribution in [3.8, 4) is 0 Å². The normalized spacial score (nSPS) is 23.9. The molecule has 0 saturated carbocycles. The number of ketones is 1. The van der Waals surface area contributed by atoms with Crippen LogP contribution in [0.3, 0.4) is 0 Å². The highest BCUT2D eigenvalue weighted by Crippen LogP contribution is 2.20. The first-order valence-corrected chi connectivity index (χ1v) is 6.09. The van der Waals surface area contributed by atoms with Crippen molar-refractivity contribution in [1.82, 2.24) is 5.32 Å². The summed E-state index contributed by atoms with van der Waals surface area (Å²) in [7, 11) is 0. The molecule has 2 atom stereocenters. The lowest BCUT2D eigenvalue weighted by Crippen LogP contribution is -2.29. The third-order valence-electron chi connectivity index (χ3n) is 3.61. The Balaban J connectivity index is 2.07. The van der Waals surface area contributed by atoms with Crippen molar-refractivity contribution in [2.75, 3.05) is 6.54 Å². The van der Waals surface area contributed by atoms with Gasteiger partial charge in [0.2, 0.25) is 0 Å². The Hall–Kier alpha value is -1.22. The fraction of sp³-hybridized carbons (Fsp3) is 0.500. The largest absolute Gasteiger partial charge is 0.314 e. The molecule has 0 aliphatic carbocycles. The molecule has 1 fully saturated rings. The molecule has 1 saturated heterocycles. The van der Waals surface area contributed by atoms with Crippen LogP contribution < -0.4 is 5.32 Å². The summed E-state index contributed by atoms with van der Waals surface area (Å²) in [5.41, 5.74) is 1.80. The molecule has 1 heterocycles. The molecule has 2 unspecified atom stereocenters. The van der Waals surface area contributed by atoms with Crippen molar-refractivity contribution < 1.29 is 9.18 Å². The predicted octanol–water partition coefficient (Wildman–Crippen LogP) is 2.24. The maximum Gasteiger partial charge on any atom is 0.141 e. The molecule has 17 heavy (non-hydrogen) atoms. The van der Waals surface area contributed by atoms with Crippen molar-refractivity contribution in [3.63, 3.8) is 0 Å². The van der Waals surface area contributed by atoms with Gasteiger partial charge < -0.3 is 5.32 Å². The molecule has 1 aromatic rings. The maximum atomic E-state index is 13.0. The number of hydrogen-bond acceptors (Lipinski definition) is 2. The van der Waals surface area contributed by atoms with Crippen LogP contribution in [0.1, 0.15) is 24.5 Å². The average molecular weight is 235 g/mol. The third-order valence-corrected chi connectivity index (χ3v) is 3.61. The van der Waals surface area contributed by atoms with E-state index in [2.05, 4.69) is 5.32 Å². The van der Waals surface area contributed by atoms with E-state index in [0.717, 1.165) is 24.1 Å². The van der Waals surface area contributed by atoms with Crippen molar-refractivity contribution in [2.45, 2.75) is 32.7 Å². The summed E-state index contributed by atoms with van der Waals surface area (Å²) in [5.74, 6) is 0.131. The van der Waals surface area contributed by atoms with Gasteiger partial charge in [0.1, 0.15) is 11.6 Å². The first kappa shape index (κ1) is 12.2. The number of Topliss-reactive ketones (excluding diaryl/α,β-unsaturated/α-hetero) is 1. The van der Waals surface area contributed by atoms with Crippen LogP contribution in [0.25, 0.3) is 0 Å². The molecule has 0 radical (unpaired) electrons. The number of nitrogens with one attached hydrogen (secondary N) is 1. The van der Waals surface area contributed by atoms with E-state index >= 15 is 0 Å². The predicted molar refractivity (Wildman–Crippen MR) is 65.4 cm³/mol. The SMILES string of the molecule is Cc1cc(F)ccc1CC(=O)C1CCNC1C. The van der Waals surface area contributed by atoms with Gasteiger partial charge in [-0.2, -0.15) is 0 Å². The standard InChI is InChI=1S/C14H18FNO/c1-9-7-12(15)4-3-11(9)8-14(17)13-5-6-16-10(13)2/h3-4,7,10,13,16H,5-6,8H2,1-2H3. The molecule has 0 bridgehead atoms. The van der Waals surface area contributed by atoms with Crippen molar-refractivity contribution >= 4 is 5.78 Å². The highest BCUT2D eigenvalue weighted by atomic mass is 19.1. The molecule has 0 spiro atoms. The molecule has 92 valence electrons. The molecule has 2 rings (SSSR count). The fourth-order valence-corrected chi connectivity index (χ4v) is 2.48. The van der Waals surface area contributed by atoms with Gasteiger partial charge in [0.15, 0.2) is 0 Å². The topological polar surface area (TPSA) is 29.1 Å². The second-order valence-electron chi connectivity index (χ2n) is 4.85. The van der Waals surface area contributed by atoms with Gasteiger partial charge in [-0.1, -0.05) is 6.07 Å². The summed E-state index contributed by atoms with van der Waals surface area (Å²) in [6, 6.07) is 4.89. The van der Waals surface area contributed by atoms with Gasteiger partial charge in [-0.3, -0.25) is 4.79 Å². The quantitative estimate of drug-likeness (QED) is 0.870. The number of carbonyl (C=O) groups excluding carboxylic acids is 1. The zero-order valence-electron chi connectivity index (χ0n) is 10.3. The minimum Gasteiger partial charge on any atom is -0.314 e. The van der Waals surface area contributed by atoms with Crippen molar-refractivity contribution in [1.29, 1.82) is 0 Å². The Morgan fingerprint density at radius 2 is 2.29 bits per heavy atom. The molecule has 1 aromatic carbocycles. The highest BCUT2D eigenvalue weighted by molar-refractivity contribution is 5.84. The number of halogens is 1. The molecule has 0 aromatic heterocycles. The summed E-state index contributed by atoms with van der Waals surface area (Å²) >= 11 is 0. The first-order chi connectivity index (χ1) is 8.08. The number of carbonyl (C=O) groups is 1. The molecule has 0 amide bonds. The van der Waals surface area contributed by atoms with E-state index in [1.807, 2.05) is 13.8 Å². The number of benzene rings is 1. The third kappa shape index (κ3) is 2.72. The van der Waals surface area contributed by atoms with Gasteiger partial charge in [-0.05, 0) is 50.1 Å². The summed E-state index contributed by atoms with van der Waals surface area (Å²) in [5, 5.41) is 3.28. The minimum atomic E-state index is -0.241. The highest BCUT2D eigenvalue weighted by Gasteiger charge is 2.29. The zero-order chi connectivity index (χ0) is 12.4. The van der Waals surface area contributed by atoms with Crippen LogP contribution in [0.15, 0.2) is 18.2 Å². The maximum absolute atomic E-state index is 13.0. The van der Waals surface area contributed by atoms with E-state index in [9.17, 15) is 9.18 Å². The van der Waals surface area contributed by atoms with E-state index in [-0.39, 0.29) is 23.6 Å². The van der Waals surface area contributed by atoms with Crippen LogP contribution in [-0.2, 0) is 11.2 Å². The molecule has 1 aliphatic heterocycles. The van der Waals surface area contributed by atoms with Crippen LogP contribution in [0.2, 0.25) is 0 Å². The fourth-order valence-electron chi connectivity index (χ4n) is 2.48. The van der Waals surface area contributed by atoms with Crippen LogP contribution >= 0.6 is 0 Å². The molecule has 2 nitrogen and oxygen atoms in total. The lowest BCUT2D eigenvalue weighted by atomic mass is 9.91. The van der Waals surface area contributed by atoms with E-state index in [0.29, 0.717) is 6.42 Å². The summed E-state index contributed by atoms with van der Waals surface area (Å²) in [6.45, 7) is 4.81. The van der Waals surface area contributed by atoms with Gasteiger partial charge >= 0.3 is 0 Å². The van der Waals surface area contributed by atoms with Gasteiger partial charge in [0.25, 0.3) is 0 Å². The lowest BCUT2D eigenvalue weighted by molar-refractivity contribution is -0.122. The first-order valence-electron chi connectivity index (χ1n) is 6.09. The Morgan fingerprint density at radius 3 is 2.88 bits per heavy atom. The van der Waals surface area contributed by atoms with Crippen LogP contribution in [0.4, 0.5) is 4.39 Å². The zero-order valence-corrected chi connectivity index (χ0v) is 10.3. The Bertz CT molecular complexity index is 430. The Kier molecular flexibility index (Phi) is 3.57. The second-order valence-corrected chi connectivity index (χ2v) is 4.85. The number of rotatable bonds is 3. The van der Waals surface area contributed by atoms with Crippen molar-refractivity contribution in [2.24, 2.45) is 5.92 Å². The van der Waals surface area contributed by atoms with E-state index in [4.69, 9.17) is 0 Å². The lowest BCUT2D eigenvalue weighted by Gasteiger charge is -2.14. The minimum absolute atomic E-state index is 0.111. The number of aryl methyl sites for hydroxylation is 1. The summed E-state index contributed by atoms with van der Waals surface area (Å²) in [4.78, 5) is 12.1.